The Bertz CT molecular complexity index is 945. The standard InChI is InChI=1S/C29H39NO3/c1-27-14-15-29(19-30(18-26(32)33-29)17-20-6-4-3-5-7-20)16-21(27)8-9-22-23-10-11-25(31)28(23,2)13-12-24(22)27/h3-7,21-24H,8-19H2,1-2H3/t21-,22-,23-,24-,27-,28-,29+/m0/s1. The molecule has 178 valence electrons. The minimum absolute atomic E-state index is 0.0446. The average molecular weight is 450 g/mol. The predicted molar refractivity (Wildman–Crippen MR) is 127 cm³/mol. The lowest BCUT2D eigenvalue weighted by Gasteiger charge is -2.62. The summed E-state index contributed by atoms with van der Waals surface area (Å²) in [5, 5.41) is 0. The van der Waals surface area contributed by atoms with E-state index in [-0.39, 0.29) is 17.0 Å². The summed E-state index contributed by atoms with van der Waals surface area (Å²) < 4.78 is 6.19. The molecule has 0 N–H and O–H groups in total. The van der Waals surface area contributed by atoms with Gasteiger partial charge in [-0.1, -0.05) is 44.2 Å². The average Bonchev–Trinajstić information content (AvgIpc) is 3.09. The monoisotopic (exact) mass is 449 g/mol. The molecule has 4 aliphatic carbocycles. The van der Waals surface area contributed by atoms with Crippen molar-refractivity contribution >= 4 is 11.8 Å². The molecule has 0 amide bonds. The van der Waals surface area contributed by atoms with Gasteiger partial charge in [0.1, 0.15) is 11.4 Å². The Morgan fingerprint density at radius 3 is 2.61 bits per heavy atom. The van der Waals surface area contributed by atoms with Crippen molar-refractivity contribution in [1.29, 1.82) is 0 Å². The van der Waals surface area contributed by atoms with Gasteiger partial charge in [0.2, 0.25) is 0 Å². The largest absolute Gasteiger partial charge is 0.457 e. The molecule has 5 fully saturated rings. The SMILES string of the molecule is C[C@]12CC[C@@]3(C[C@@H]1CC[C@@H]1[C@@H]2CC[C@]2(C)C(=O)CC[C@@H]12)CN(Cc1ccccc1)CC(=O)O3. The summed E-state index contributed by atoms with van der Waals surface area (Å²) in [7, 11) is 0. The fraction of sp³-hybridized carbons (Fsp3) is 0.724. The highest BCUT2D eigenvalue weighted by molar-refractivity contribution is 5.87. The van der Waals surface area contributed by atoms with Crippen molar-refractivity contribution in [3.63, 3.8) is 0 Å². The molecule has 5 aliphatic rings. The van der Waals surface area contributed by atoms with Crippen LogP contribution in [0.25, 0.3) is 0 Å². The number of fused-ring (bicyclic) bond motifs is 5. The second-order valence-electron chi connectivity index (χ2n) is 12.6. The lowest BCUT2D eigenvalue weighted by molar-refractivity contribution is -0.200. The van der Waals surface area contributed by atoms with Gasteiger partial charge in [-0.2, -0.15) is 0 Å². The molecule has 4 heteroatoms. The lowest BCUT2D eigenvalue weighted by Crippen LogP contribution is -2.61. The molecular weight excluding hydrogens is 410 g/mol. The van der Waals surface area contributed by atoms with E-state index in [0.29, 0.717) is 35.5 Å². The first kappa shape index (κ1) is 21.8. The maximum atomic E-state index is 12.7. The van der Waals surface area contributed by atoms with Crippen molar-refractivity contribution in [3.8, 4) is 0 Å². The van der Waals surface area contributed by atoms with Crippen LogP contribution in [0.5, 0.6) is 0 Å². The summed E-state index contributed by atoms with van der Waals surface area (Å²) in [5.74, 6) is 3.16. The van der Waals surface area contributed by atoms with E-state index in [2.05, 4.69) is 43.0 Å². The Kier molecular flexibility index (Phi) is 5.07. The molecule has 6 rings (SSSR count). The summed E-state index contributed by atoms with van der Waals surface area (Å²) in [6, 6.07) is 10.5. The van der Waals surface area contributed by atoms with Crippen molar-refractivity contribution in [3.05, 3.63) is 35.9 Å². The van der Waals surface area contributed by atoms with Crippen molar-refractivity contribution in [2.75, 3.05) is 13.1 Å². The van der Waals surface area contributed by atoms with Gasteiger partial charge in [0.05, 0.1) is 6.54 Å². The van der Waals surface area contributed by atoms with Crippen LogP contribution in [0.3, 0.4) is 0 Å². The Morgan fingerprint density at radius 2 is 1.79 bits per heavy atom. The van der Waals surface area contributed by atoms with Gasteiger partial charge >= 0.3 is 5.97 Å². The zero-order valence-corrected chi connectivity index (χ0v) is 20.4. The topological polar surface area (TPSA) is 46.6 Å². The van der Waals surface area contributed by atoms with E-state index in [0.717, 1.165) is 57.5 Å². The third-order valence-corrected chi connectivity index (χ3v) is 11.0. The van der Waals surface area contributed by atoms with Crippen molar-refractivity contribution in [2.24, 2.45) is 34.5 Å². The first-order valence-electron chi connectivity index (χ1n) is 13.3. The summed E-state index contributed by atoms with van der Waals surface area (Å²) >= 11 is 0. The van der Waals surface area contributed by atoms with Crippen LogP contribution in [0.15, 0.2) is 30.3 Å². The highest BCUT2D eigenvalue weighted by atomic mass is 16.6. The quantitative estimate of drug-likeness (QED) is 0.568. The number of morpholine rings is 1. The molecule has 0 radical (unpaired) electrons. The molecule has 0 aromatic heterocycles. The van der Waals surface area contributed by atoms with Gasteiger partial charge in [-0.05, 0) is 86.0 Å². The Balaban J connectivity index is 1.20. The van der Waals surface area contributed by atoms with Gasteiger partial charge in [-0.3, -0.25) is 14.5 Å². The number of esters is 1. The van der Waals surface area contributed by atoms with E-state index in [1.165, 1.54) is 24.8 Å². The third-order valence-electron chi connectivity index (χ3n) is 11.0. The number of Topliss-reactive ketones (excluding diaryl/α,β-unsaturated/α-hetero) is 1. The van der Waals surface area contributed by atoms with Gasteiger partial charge in [-0.15, -0.1) is 0 Å². The van der Waals surface area contributed by atoms with Gasteiger partial charge in [0, 0.05) is 24.9 Å². The summed E-state index contributed by atoms with van der Waals surface area (Å²) in [6.07, 6.45) is 9.88. The van der Waals surface area contributed by atoms with Gasteiger partial charge in [-0.25, -0.2) is 0 Å². The fourth-order valence-electron chi connectivity index (χ4n) is 9.22. The van der Waals surface area contributed by atoms with Crippen molar-refractivity contribution < 1.29 is 14.3 Å². The highest BCUT2D eigenvalue weighted by Gasteiger charge is 2.62. The normalized spacial score (nSPS) is 45.3. The fourth-order valence-corrected chi connectivity index (χ4v) is 9.22. The molecule has 1 aliphatic heterocycles. The molecule has 7 atom stereocenters. The number of hydrogen-bond acceptors (Lipinski definition) is 4. The summed E-state index contributed by atoms with van der Waals surface area (Å²) in [6.45, 7) is 6.91. The van der Waals surface area contributed by atoms with Crippen molar-refractivity contribution in [2.45, 2.75) is 83.8 Å². The van der Waals surface area contributed by atoms with E-state index >= 15 is 0 Å². The van der Waals surface area contributed by atoms with Crippen LogP contribution in [0, 0.1) is 34.5 Å². The van der Waals surface area contributed by atoms with E-state index in [1.807, 2.05) is 6.07 Å². The molecule has 4 nitrogen and oxygen atoms in total. The number of carbonyl (C=O) groups excluding carboxylic acids is 2. The minimum atomic E-state index is -0.312. The van der Waals surface area contributed by atoms with Crippen LogP contribution in [0.1, 0.15) is 77.2 Å². The molecule has 4 saturated carbocycles. The first-order valence-corrected chi connectivity index (χ1v) is 13.3. The van der Waals surface area contributed by atoms with Crippen LogP contribution in [0.2, 0.25) is 0 Å². The number of carbonyl (C=O) groups is 2. The van der Waals surface area contributed by atoms with Crippen LogP contribution >= 0.6 is 0 Å². The molecule has 1 heterocycles. The van der Waals surface area contributed by atoms with Gasteiger partial charge < -0.3 is 4.74 Å². The molecule has 1 spiro atoms. The summed E-state index contributed by atoms with van der Waals surface area (Å²) in [5.41, 5.74) is 1.24. The maximum Gasteiger partial charge on any atom is 0.320 e. The number of ether oxygens (including phenoxy) is 1. The zero-order chi connectivity index (χ0) is 22.8. The third kappa shape index (κ3) is 3.42. The van der Waals surface area contributed by atoms with Crippen LogP contribution in [-0.2, 0) is 20.9 Å². The molecule has 0 bridgehead atoms. The smallest absolute Gasteiger partial charge is 0.320 e. The predicted octanol–water partition coefficient (Wildman–Crippen LogP) is 5.40. The molecule has 33 heavy (non-hydrogen) atoms. The van der Waals surface area contributed by atoms with E-state index < -0.39 is 0 Å². The first-order chi connectivity index (χ1) is 15.8. The highest BCUT2D eigenvalue weighted by Crippen LogP contribution is 2.66. The van der Waals surface area contributed by atoms with Crippen LogP contribution in [0.4, 0.5) is 0 Å². The maximum absolute atomic E-state index is 12.7. The Hall–Kier alpha value is -1.68. The van der Waals surface area contributed by atoms with E-state index in [4.69, 9.17) is 4.74 Å². The van der Waals surface area contributed by atoms with Gasteiger partial charge in [0.15, 0.2) is 0 Å². The Morgan fingerprint density at radius 1 is 0.970 bits per heavy atom. The van der Waals surface area contributed by atoms with Crippen LogP contribution < -0.4 is 0 Å². The number of ketones is 1. The number of benzene rings is 1. The number of hydrogen-bond donors (Lipinski definition) is 0. The molecule has 1 aromatic rings. The second kappa shape index (κ2) is 7.66. The summed E-state index contributed by atoms with van der Waals surface area (Å²) in [4.78, 5) is 27.7. The van der Waals surface area contributed by atoms with Crippen molar-refractivity contribution in [1.82, 2.24) is 4.90 Å². The minimum Gasteiger partial charge on any atom is -0.457 e. The lowest BCUT2D eigenvalue weighted by atomic mass is 9.44. The van der Waals surface area contributed by atoms with Gasteiger partial charge in [0.25, 0.3) is 0 Å². The number of nitrogens with zero attached hydrogens (tertiary/aromatic N) is 1. The molecule has 1 aromatic carbocycles. The Labute approximate surface area is 198 Å². The molecular formula is C29H39NO3. The van der Waals surface area contributed by atoms with E-state index in [9.17, 15) is 9.59 Å². The van der Waals surface area contributed by atoms with Crippen LogP contribution in [-0.4, -0.2) is 35.3 Å². The van der Waals surface area contributed by atoms with E-state index in [1.54, 1.807) is 0 Å². The second-order valence-corrected chi connectivity index (χ2v) is 12.6. The molecule has 0 unspecified atom stereocenters. The molecule has 1 saturated heterocycles. The zero-order valence-electron chi connectivity index (χ0n) is 20.4. The number of rotatable bonds is 2.